The lowest BCUT2D eigenvalue weighted by molar-refractivity contribution is 0.414. The number of thiocarbonyl (C=S) groups is 1. The number of anilines is 3. The summed E-state index contributed by atoms with van der Waals surface area (Å²) < 4.78 is 5.23. The number of rotatable bonds is 6. The van der Waals surface area contributed by atoms with E-state index in [-0.39, 0.29) is 0 Å². The number of piperidine rings is 2. The van der Waals surface area contributed by atoms with Crippen LogP contribution in [0.4, 0.5) is 17.6 Å². The predicted molar refractivity (Wildman–Crippen MR) is 139 cm³/mol. The summed E-state index contributed by atoms with van der Waals surface area (Å²) in [4.78, 5) is 14.5. The van der Waals surface area contributed by atoms with E-state index in [1.54, 1.807) is 7.11 Å². The number of hydrogen-bond acceptors (Lipinski definition) is 6. The molecule has 178 valence electrons. The van der Waals surface area contributed by atoms with Crippen LogP contribution in [-0.2, 0) is 6.54 Å². The van der Waals surface area contributed by atoms with E-state index in [9.17, 15) is 0 Å². The Bertz CT molecular complexity index is 937. The van der Waals surface area contributed by atoms with Gasteiger partial charge in [-0.3, -0.25) is 0 Å². The number of ether oxygens (including phenoxy) is 1. The average Bonchev–Trinajstić information content (AvgIpc) is 2.83. The Morgan fingerprint density at radius 2 is 1.85 bits per heavy atom. The van der Waals surface area contributed by atoms with Crippen molar-refractivity contribution in [1.29, 1.82) is 0 Å². The molecule has 0 amide bonds. The Hall–Kier alpha value is -2.61. The van der Waals surface area contributed by atoms with Crippen LogP contribution in [0.25, 0.3) is 0 Å². The van der Waals surface area contributed by atoms with Crippen molar-refractivity contribution < 1.29 is 4.74 Å². The van der Waals surface area contributed by atoms with Gasteiger partial charge in [0.2, 0.25) is 5.95 Å². The predicted octanol–water partition coefficient (Wildman–Crippen LogP) is 4.59. The van der Waals surface area contributed by atoms with Gasteiger partial charge >= 0.3 is 0 Å². The van der Waals surface area contributed by atoms with Crippen LogP contribution in [0, 0.1) is 5.92 Å². The van der Waals surface area contributed by atoms with Gasteiger partial charge in [-0.1, -0.05) is 19.1 Å². The van der Waals surface area contributed by atoms with Crippen molar-refractivity contribution in [1.82, 2.24) is 15.3 Å². The lowest BCUT2D eigenvalue weighted by atomic mass is 10.0. The van der Waals surface area contributed by atoms with Gasteiger partial charge in [-0.05, 0) is 74.9 Å². The molecule has 2 N–H and O–H groups in total. The summed E-state index contributed by atoms with van der Waals surface area (Å²) in [5, 5.41) is 7.03. The zero-order valence-corrected chi connectivity index (χ0v) is 20.8. The average molecular weight is 469 g/mol. The second-order valence-electron chi connectivity index (χ2n) is 9.30. The Labute approximate surface area is 202 Å². The van der Waals surface area contributed by atoms with Gasteiger partial charge in [0, 0.05) is 38.3 Å². The number of nitrogens with one attached hydrogen (secondary N) is 2. The molecular formula is C25H36N6OS. The summed E-state index contributed by atoms with van der Waals surface area (Å²) in [6.45, 7) is 8.33. The molecule has 1 aromatic carbocycles. The number of methoxy groups -OCH3 is 1. The third-order valence-electron chi connectivity index (χ3n) is 6.61. The van der Waals surface area contributed by atoms with Crippen LogP contribution in [0.1, 0.15) is 51.5 Å². The first kappa shape index (κ1) is 23.5. The molecule has 3 heterocycles. The molecule has 2 aromatic rings. The quantitative estimate of drug-likeness (QED) is 0.597. The van der Waals surface area contributed by atoms with Gasteiger partial charge in [0.15, 0.2) is 5.11 Å². The SMILES string of the molecule is COc1ccc(CNC(=S)Nc2nc(N3CCCC(C)C3)cc(N3CCCCC3C)n2)cc1. The first-order valence-electron chi connectivity index (χ1n) is 12.1. The summed E-state index contributed by atoms with van der Waals surface area (Å²) in [6.07, 6.45) is 6.16. The highest BCUT2D eigenvalue weighted by atomic mass is 32.1. The largest absolute Gasteiger partial charge is 0.497 e. The lowest BCUT2D eigenvalue weighted by Crippen LogP contribution is -2.39. The minimum Gasteiger partial charge on any atom is -0.497 e. The van der Waals surface area contributed by atoms with Crippen molar-refractivity contribution in [3.05, 3.63) is 35.9 Å². The Morgan fingerprint density at radius 1 is 1.06 bits per heavy atom. The van der Waals surface area contributed by atoms with Crippen molar-refractivity contribution in [3.63, 3.8) is 0 Å². The molecule has 2 unspecified atom stereocenters. The second kappa shape index (κ2) is 11.0. The highest BCUT2D eigenvalue weighted by Gasteiger charge is 2.24. The van der Waals surface area contributed by atoms with Gasteiger partial charge in [-0.25, -0.2) is 0 Å². The zero-order valence-electron chi connectivity index (χ0n) is 20.0. The van der Waals surface area contributed by atoms with Gasteiger partial charge in [-0.2, -0.15) is 9.97 Å². The maximum absolute atomic E-state index is 5.57. The Morgan fingerprint density at radius 3 is 2.58 bits per heavy atom. The van der Waals surface area contributed by atoms with E-state index in [4.69, 9.17) is 26.9 Å². The van der Waals surface area contributed by atoms with Crippen LogP contribution in [-0.4, -0.2) is 47.9 Å². The molecule has 0 saturated carbocycles. The molecule has 2 saturated heterocycles. The van der Waals surface area contributed by atoms with Crippen molar-refractivity contribution in [2.45, 2.75) is 58.5 Å². The molecule has 1 aromatic heterocycles. The molecule has 0 spiro atoms. The van der Waals surface area contributed by atoms with E-state index in [0.717, 1.165) is 42.6 Å². The maximum Gasteiger partial charge on any atom is 0.232 e. The summed E-state index contributed by atoms with van der Waals surface area (Å²) in [5.41, 5.74) is 1.12. The number of hydrogen-bond donors (Lipinski definition) is 2. The van der Waals surface area contributed by atoms with Crippen molar-refractivity contribution in [3.8, 4) is 5.75 Å². The standard InChI is InChI=1S/C25H36N6OS/c1-18-7-6-13-30(17-18)22-15-23(31-14-5-4-8-19(31)2)28-24(27-22)29-25(33)26-16-20-9-11-21(32-3)12-10-20/h9-12,15,18-19H,4-8,13-14,16-17H2,1-3H3,(H2,26,27,28,29,33). The smallest absolute Gasteiger partial charge is 0.232 e. The Kier molecular flexibility index (Phi) is 7.85. The highest BCUT2D eigenvalue weighted by molar-refractivity contribution is 7.80. The van der Waals surface area contributed by atoms with Crippen molar-refractivity contribution >= 4 is 34.9 Å². The minimum absolute atomic E-state index is 0.481. The maximum atomic E-state index is 5.57. The van der Waals surface area contributed by atoms with E-state index in [1.165, 1.54) is 32.1 Å². The fourth-order valence-corrected chi connectivity index (χ4v) is 4.86. The van der Waals surface area contributed by atoms with Gasteiger partial charge in [0.25, 0.3) is 0 Å². The van der Waals surface area contributed by atoms with E-state index in [1.807, 2.05) is 24.3 Å². The molecule has 2 aliphatic rings. The van der Waals surface area contributed by atoms with E-state index in [2.05, 4.69) is 40.3 Å². The molecular weight excluding hydrogens is 432 g/mol. The van der Waals surface area contributed by atoms with Crippen LogP contribution in [0.2, 0.25) is 0 Å². The summed E-state index contributed by atoms with van der Waals surface area (Å²) in [5.74, 6) is 4.06. The van der Waals surface area contributed by atoms with Crippen LogP contribution in [0.3, 0.4) is 0 Å². The van der Waals surface area contributed by atoms with Crippen LogP contribution < -0.4 is 25.2 Å². The van der Waals surface area contributed by atoms with Crippen LogP contribution >= 0.6 is 12.2 Å². The second-order valence-corrected chi connectivity index (χ2v) is 9.70. The summed E-state index contributed by atoms with van der Waals surface area (Å²) in [6, 6.07) is 10.6. The molecule has 0 bridgehead atoms. The third kappa shape index (κ3) is 6.25. The molecule has 8 heteroatoms. The molecule has 7 nitrogen and oxygen atoms in total. The van der Waals surface area contributed by atoms with E-state index >= 15 is 0 Å². The third-order valence-corrected chi connectivity index (χ3v) is 6.86. The molecule has 0 aliphatic carbocycles. The van der Waals surface area contributed by atoms with Gasteiger partial charge < -0.3 is 25.2 Å². The molecule has 2 fully saturated rings. The first-order chi connectivity index (χ1) is 16.0. The molecule has 33 heavy (non-hydrogen) atoms. The topological polar surface area (TPSA) is 65.6 Å². The van der Waals surface area contributed by atoms with Crippen molar-refractivity contribution in [2.75, 3.05) is 41.9 Å². The fourth-order valence-electron chi connectivity index (χ4n) is 4.69. The fraction of sp³-hybridized carbons (Fsp3) is 0.560. The van der Waals surface area contributed by atoms with Crippen LogP contribution in [0.5, 0.6) is 5.75 Å². The normalized spacial score (nSPS) is 20.9. The van der Waals surface area contributed by atoms with E-state index < -0.39 is 0 Å². The van der Waals surface area contributed by atoms with Crippen LogP contribution in [0.15, 0.2) is 30.3 Å². The van der Waals surface area contributed by atoms with Gasteiger partial charge in [0.05, 0.1) is 7.11 Å². The summed E-state index contributed by atoms with van der Waals surface area (Å²) >= 11 is 5.57. The highest BCUT2D eigenvalue weighted by Crippen LogP contribution is 2.29. The molecule has 0 radical (unpaired) electrons. The number of aromatic nitrogens is 2. The van der Waals surface area contributed by atoms with Gasteiger partial charge in [-0.15, -0.1) is 0 Å². The molecule has 4 rings (SSSR count). The number of benzene rings is 1. The zero-order chi connectivity index (χ0) is 23.2. The summed E-state index contributed by atoms with van der Waals surface area (Å²) in [7, 11) is 1.67. The minimum atomic E-state index is 0.481. The first-order valence-corrected chi connectivity index (χ1v) is 12.5. The van der Waals surface area contributed by atoms with E-state index in [0.29, 0.717) is 29.6 Å². The number of nitrogens with zero attached hydrogens (tertiary/aromatic N) is 4. The monoisotopic (exact) mass is 468 g/mol. The Balaban J connectivity index is 1.49. The molecule has 2 aliphatic heterocycles. The molecule has 2 atom stereocenters. The van der Waals surface area contributed by atoms with Crippen molar-refractivity contribution in [2.24, 2.45) is 5.92 Å². The van der Waals surface area contributed by atoms with Gasteiger partial charge in [0.1, 0.15) is 17.4 Å². The lowest BCUT2D eigenvalue weighted by Gasteiger charge is -2.36.